The van der Waals surface area contributed by atoms with Crippen LogP contribution in [0.5, 0.6) is 11.5 Å². The molecule has 0 aromatic heterocycles. The summed E-state index contributed by atoms with van der Waals surface area (Å²) in [7, 11) is 0. The summed E-state index contributed by atoms with van der Waals surface area (Å²) >= 11 is 0. The Kier molecular flexibility index (Phi) is 16.5. The number of hydrogen-bond donors (Lipinski definition) is 2. The van der Waals surface area contributed by atoms with Crippen LogP contribution in [-0.4, -0.2) is 54.3 Å². The predicted molar refractivity (Wildman–Crippen MR) is 152 cm³/mol. The molecule has 0 saturated heterocycles. The van der Waals surface area contributed by atoms with E-state index in [9.17, 15) is 24.3 Å². The zero-order valence-corrected chi connectivity index (χ0v) is 25.3. The smallest absolute Gasteiger partial charge is 0.477 e. The lowest BCUT2D eigenvalue weighted by Crippen LogP contribution is -2.59. The second-order valence-corrected chi connectivity index (χ2v) is 10.4. The maximum atomic E-state index is 12.6. The number of carboxylic acid groups (broad SMARTS) is 1. The molecule has 1 aromatic carbocycles. The molecule has 2 atom stereocenters. The fraction of sp³-hybridized carbons (Fsp3) is 0.667. The number of nitrogens with one attached hydrogen (secondary N) is 1. The van der Waals surface area contributed by atoms with Crippen LogP contribution in [0, 0.1) is 5.92 Å². The van der Waals surface area contributed by atoms with Crippen molar-refractivity contribution in [3.05, 3.63) is 23.8 Å². The fourth-order valence-corrected chi connectivity index (χ4v) is 3.73. The van der Waals surface area contributed by atoms with Gasteiger partial charge in [-0.15, -0.1) is 0 Å². The number of carbonyl (C=O) groups excluding carboxylic acids is 3. The Morgan fingerprint density at radius 2 is 1.41 bits per heavy atom. The van der Waals surface area contributed by atoms with Crippen LogP contribution in [0.2, 0.25) is 0 Å². The highest BCUT2D eigenvalue weighted by atomic mass is 16.7. The van der Waals surface area contributed by atoms with Crippen molar-refractivity contribution < 1.29 is 48.0 Å². The normalized spacial score (nSPS) is 13.1. The van der Waals surface area contributed by atoms with Gasteiger partial charge in [0.25, 0.3) is 5.72 Å². The Hall–Kier alpha value is -3.34. The van der Waals surface area contributed by atoms with Gasteiger partial charge in [-0.25, -0.2) is 14.4 Å². The van der Waals surface area contributed by atoms with Gasteiger partial charge in [-0.3, -0.25) is 10.1 Å². The van der Waals surface area contributed by atoms with E-state index < -0.39 is 30.0 Å². The first-order valence-corrected chi connectivity index (χ1v) is 14.5. The average Bonchev–Trinajstić information content (AvgIpc) is 2.89. The van der Waals surface area contributed by atoms with Crippen molar-refractivity contribution >= 4 is 24.2 Å². The van der Waals surface area contributed by atoms with Crippen molar-refractivity contribution in [3.8, 4) is 11.5 Å². The minimum Gasteiger partial charge on any atom is -0.477 e. The number of benzene rings is 1. The van der Waals surface area contributed by atoms with E-state index in [4.69, 9.17) is 23.7 Å². The van der Waals surface area contributed by atoms with E-state index in [1.54, 1.807) is 6.92 Å². The first-order chi connectivity index (χ1) is 19.5. The summed E-state index contributed by atoms with van der Waals surface area (Å²) in [6, 6.07) is 3.88. The van der Waals surface area contributed by atoms with E-state index in [2.05, 4.69) is 5.32 Å². The Morgan fingerprint density at radius 1 is 0.854 bits per heavy atom. The summed E-state index contributed by atoms with van der Waals surface area (Å²) in [4.78, 5) is 49.8. The summed E-state index contributed by atoms with van der Waals surface area (Å²) in [5.41, 5.74) is -1.77. The highest BCUT2D eigenvalue weighted by molar-refractivity contribution is 5.82. The van der Waals surface area contributed by atoms with Gasteiger partial charge in [-0.2, -0.15) is 0 Å². The fourth-order valence-electron chi connectivity index (χ4n) is 3.73. The van der Waals surface area contributed by atoms with Gasteiger partial charge in [-0.05, 0) is 49.8 Å². The number of aliphatic carboxylic acids is 1. The summed E-state index contributed by atoms with van der Waals surface area (Å²) in [5, 5.41) is 13.2. The zero-order valence-electron chi connectivity index (χ0n) is 25.3. The lowest BCUT2D eigenvalue weighted by Gasteiger charge is -2.33. The van der Waals surface area contributed by atoms with Crippen LogP contribution in [-0.2, 0) is 30.2 Å². The molecule has 0 fully saturated rings. The van der Waals surface area contributed by atoms with E-state index in [1.807, 2.05) is 34.6 Å². The molecule has 2 N–H and O–H groups in total. The molecule has 0 saturated carbocycles. The first kappa shape index (κ1) is 35.7. The maximum absolute atomic E-state index is 12.6. The molecule has 0 spiro atoms. The number of carboxylic acids is 1. The summed E-state index contributed by atoms with van der Waals surface area (Å²) in [6.07, 6.45) is 3.29. The van der Waals surface area contributed by atoms with Gasteiger partial charge in [0, 0.05) is 18.9 Å². The molecule has 1 aromatic rings. The van der Waals surface area contributed by atoms with Crippen LogP contribution in [0.15, 0.2) is 18.2 Å². The molecule has 232 valence electrons. The van der Waals surface area contributed by atoms with E-state index in [1.165, 1.54) is 18.2 Å². The van der Waals surface area contributed by atoms with E-state index in [0.717, 1.165) is 25.7 Å². The monoisotopic (exact) mass is 581 g/mol. The summed E-state index contributed by atoms with van der Waals surface area (Å²) < 4.78 is 26.4. The van der Waals surface area contributed by atoms with E-state index in [-0.39, 0.29) is 49.5 Å². The topological polar surface area (TPSA) is 147 Å². The molecule has 1 rings (SSSR count). The maximum Gasteiger partial charge on any atom is 0.513 e. The molecule has 41 heavy (non-hydrogen) atoms. The number of carbonyl (C=O) groups is 4. The number of hydrogen-bond acceptors (Lipinski definition) is 10. The Bertz CT molecular complexity index is 980. The van der Waals surface area contributed by atoms with Gasteiger partial charge in [0.15, 0.2) is 11.5 Å². The molecule has 0 aliphatic heterocycles. The third kappa shape index (κ3) is 13.7. The molecular weight excluding hydrogens is 534 g/mol. The Balaban J connectivity index is 3.33. The zero-order chi connectivity index (χ0) is 30.8. The molecular formula is C30H47NO10. The van der Waals surface area contributed by atoms with E-state index >= 15 is 0 Å². The highest BCUT2D eigenvalue weighted by Gasteiger charge is 2.44. The van der Waals surface area contributed by atoms with Crippen LogP contribution in [0.3, 0.4) is 0 Å². The molecule has 0 heterocycles. The lowest BCUT2D eigenvalue weighted by atomic mass is 10.00. The van der Waals surface area contributed by atoms with Crippen molar-refractivity contribution in [2.24, 2.45) is 5.92 Å². The second-order valence-electron chi connectivity index (χ2n) is 10.4. The van der Waals surface area contributed by atoms with Crippen LogP contribution >= 0.6 is 0 Å². The number of rotatable bonds is 19. The second kappa shape index (κ2) is 18.9. The van der Waals surface area contributed by atoms with Gasteiger partial charge >= 0.3 is 24.2 Å². The molecule has 1 unspecified atom stereocenters. The van der Waals surface area contributed by atoms with Gasteiger partial charge in [0.1, 0.15) is 0 Å². The SMILES string of the molecule is CCCCCOC(=O)Oc1ccc(C[C@](NC(C)CC)(OC(=O)CC(C)C)C(=O)O)cc1OC(=O)OCCCCC. The standard InChI is InChI=1S/C30H47NO10/c1-7-10-12-16-37-28(35)39-24-15-14-23(19-25(24)40-29(36)38-17-13-11-8-2)20-30(27(33)34,31-22(6)9-3)41-26(32)18-21(4)5/h14-15,19,21-22,31H,7-13,16-18,20H2,1-6H3,(H,33,34)/t22?,30-/m0/s1. The minimum atomic E-state index is -2.10. The summed E-state index contributed by atoms with van der Waals surface area (Å²) in [5.74, 6) is -2.39. The van der Waals surface area contributed by atoms with Crippen molar-refractivity contribution in [3.63, 3.8) is 0 Å². The third-order valence-corrected chi connectivity index (χ3v) is 6.08. The molecule has 11 nitrogen and oxygen atoms in total. The largest absolute Gasteiger partial charge is 0.513 e. The first-order valence-electron chi connectivity index (χ1n) is 14.5. The van der Waals surface area contributed by atoms with Crippen molar-refractivity contribution in [1.82, 2.24) is 5.32 Å². The molecule has 11 heteroatoms. The molecule has 0 bridgehead atoms. The summed E-state index contributed by atoms with van der Waals surface area (Å²) in [6.45, 7) is 11.6. The highest BCUT2D eigenvalue weighted by Crippen LogP contribution is 2.31. The van der Waals surface area contributed by atoms with Crippen LogP contribution in [0.4, 0.5) is 9.59 Å². The van der Waals surface area contributed by atoms with Crippen molar-refractivity contribution in [2.75, 3.05) is 13.2 Å². The number of esters is 1. The Morgan fingerprint density at radius 3 is 1.90 bits per heavy atom. The van der Waals surface area contributed by atoms with Crippen LogP contribution in [0.25, 0.3) is 0 Å². The van der Waals surface area contributed by atoms with Gasteiger partial charge in [0.05, 0.1) is 13.2 Å². The van der Waals surface area contributed by atoms with E-state index in [0.29, 0.717) is 24.8 Å². The predicted octanol–water partition coefficient (Wildman–Crippen LogP) is 6.40. The molecule has 0 amide bonds. The molecule has 0 aliphatic rings. The number of unbranched alkanes of at least 4 members (excludes halogenated alkanes) is 4. The average molecular weight is 582 g/mol. The number of ether oxygens (including phenoxy) is 5. The Labute approximate surface area is 243 Å². The minimum absolute atomic E-state index is 0.0304. The quantitative estimate of drug-likeness (QED) is 0.0615. The van der Waals surface area contributed by atoms with Crippen molar-refractivity contribution in [1.29, 1.82) is 0 Å². The van der Waals surface area contributed by atoms with Gasteiger partial charge in [0.2, 0.25) is 0 Å². The molecule has 0 aliphatic carbocycles. The van der Waals surface area contributed by atoms with Crippen LogP contribution < -0.4 is 14.8 Å². The van der Waals surface area contributed by atoms with Gasteiger partial charge < -0.3 is 28.8 Å². The van der Waals surface area contributed by atoms with Crippen LogP contribution in [0.1, 0.15) is 98.5 Å². The molecule has 0 radical (unpaired) electrons. The van der Waals surface area contributed by atoms with Gasteiger partial charge in [-0.1, -0.05) is 66.4 Å². The lowest BCUT2D eigenvalue weighted by molar-refractivity contribution is -0.185. The third-order valence-electron chi connectivity index (χ3n) is 6.08. The van der Waals surface area contributed by atoms with Crippen molar-refractivity contribution in [2.45, 2.75) is 111 Å².